The summed E-state index contributed by atoms with van der Waals surface area (Å²) in [5.41, 5.74) is 0. The Morgan fingerprint density at radius 2 is 2.00 bits per heavy atom. The molecule has 1 aliphatic carbocycles. The summed E-state index contributed by atoms with van der Waals surface area (Å²) in [6, 6.07) is 1.21. The normalized spacial score (nSPS) is 33.3. The van der Waals surface area contributed by atoms with E-state index in [1.807, 2.05) is 11.9 Å². The molecular formula is C16H30N2O. The van der Waals surface area contributed by atoms with Gasteiger partial charge in [-0.2, -0.15) is 0 Å². The van der Waals surface area contributed by atoms with E-state index in [4.69, 9.17) is 0 Å². The first-order chi connectivity index (χ1) is 9.19. The number of nitrogens with one attached hydrogen (secondary N) is 1. The van der Waals surface area contributed by atoms with E-state index in [0.717, 1.165) is 25.3 Å². The molecule has 0 aromatic heterocycles. The number of amides is 1. The van der Waals surface area contributed by atoms with Crippen molar-refractivity contribution in [1.82, 2.24) is 10.2 Å². The smallest absolute Gasteiger partial charge is 0.222 e. The highest BCUT2D eigenvalue weighted by Gasteiger charge is 2.26. The van der Waals surface area contributed by atoms with E-state index in [1.54, 1.807) is 0 Å². The van der Waals surface area contributed by atoms with Gasteiger partial charge in [0.1, 0.15) is 0 Å². The third kappa shape index (κ3) is 4.48. The molecule has 3 heteroatoms. The molecule has 1 amide bonds. The molecule has 0 aromatic rings. The molecular weight excluding hydrogens is 236 g/mol. The van der Waals surface area contributed by atoms with Gasteiger partial charge < -0.3 is 10.2 Å². The fourth-order valence-corrected chi connectivity index (χ4v) is 3.72. The van der Waals surface area contributed by atoms with E-state index >= 15 is 0 Å². The zero-order chi connectivity index (χ0) is 13.7. The van der Waals surface area contributed by atoms with E-state index in [0.29, 0.717) is 18.0 Å². The molecule has 3 atom stereocenters. The number of hydrogen-bond acceptors (Lipinski definition) is 2. The van der Waals surface area contributed by atoms with Crippen molar-refractivity contribution in [3.63, 3.8) is 0 Å². The lowest BCUT2D eigenvalue weighted by atomic mass is 9.95. The lowest BCUT2D eigenvalue weighted by Crippen LogP contribution is -2.49. The molecule has 19 heavy (non-hydrogen) atoms. The number of likely N-dealkylation sites (tertiary alicyclic amines) is 1. The highest BCUT2D eigenvalue weighted by atomic mass is 16.2. The van der Waals surface area contributed by atoms with E-state index in [9.17, 15) is 4.79 Å². The van der Waals surface area contributed by atoms with Crippen LogP contribution in [0.5, 0.6) is 0 Å². The van der Waals surface area contributed by atoms with Gasteiger partial charge in [0, 0.05) is 32.1 Å². The molecule has 3 unspecified atom stereocenters. The SMILES string of the molecule is CCCC1CCCC(NC2CCC(=O)N(C)C2)CC1. The Labute approximate surface area is 118 Å². The van der Waals surface area contributed by atoms with E-state index < -0.39 is 0 Å². The number of hydrogen-bond donors (Lipinski definition) is 1. The number of nitrogens with zero attached hydrogens (tertiary/aromatic N) is 1. The molecule has 3 nitrogen and oxygen atoms in total. The van der Waals surface area contributed by atoms with E-state index in [2.05, 4.69) is 12.2 Å². The van der Waals surface area contributed by atoms with Crippen LogP contribution in [0, 0.1) is 5.92 Å². The summed E-state index contributed by atoms with van der Waals surface area (Å²) in [7, 11) is 1.93. The van der Waals surface area contributed by atoms with Crippen molar-refractivity contribution in [3.05, 3.63) is 0 Å². The summed E-state index contributed by atoms with van der Waals surface area (Å²) in [6.45, 7) is 3.20. The fourth-order valence-electron chi connectivity index (χ4n) is 3.72. The summed E-state index contributed by atoms with van der Waals surface area (Å²) in [5, 5.41) is 3.82. The van der Waals surface area contributed by atoms with Crippen LogP contribution in [0.25, 0.3) is 0 Å². The van der Waals surface area contributed by atoms with Crippen LogP contribution in [0.1, 0.15) is 64.7 Å². The van der Waals surface area contributed by atoms with Crippen molar-refractivity contribution in [2.75, 3.05) is 13.6 Å². The third-order valence-corrected chi connectivity index (χ3v) is 4.88. The Morgan fingerprint density at radius 1 is 1.16 bits per heavy atom. The fraction of sp³-hybridized carbons (Fsp3) is 0.938. The predicted octanol–water partition coefficient (Wildman–Crippen LogP) is 2.95. The van der Waals surface area contributed by atoms with Gasteiger partial charge in [0.05, 0.1) is 0 Å². The molecule has 2 rings (SSSR count). The Hall–Kier alpha value is -0.570. The molecule has 1 N–H and O–H groups in total. The first-order valence-electron chi connectivity index (χ1n) is 8.19. The zero-order valence-electron chi connectivity index (χ0n) is 12.7. The molecule has 0 radical (unpaired) electrons. The van der Waals surface area contributed by atoms with Crippen LogP contribution in [0.4, 0.5) is 0 Å². The molecule has 2 aliphatic rings. The quantitative estimate of drug-likeness (QED) is 0.794. The van der Waals surface area contributed by atoms with Gasteiger partial charge in [-0.15, -0.1) is 0 Å². The van der Waals surface area contributed by atoms with E-state index in [-0.39, 0.29) is 0 Å². The Bertz CT molecular complexity index is 292. The van der Waals surface area contributed by atoms with Crippen LogP contribution < -0.4 is 5.32 Å². The summed E-state index contributed by atoms with van der Waals surface area (Å²) < 4.78 is 0. The second kappa shape index (κ2) is 7.28. The van der Waals surface area contributed by atoms with Crippen molar-refractivity contribution in [2.45, 2.75) is 76.8 Å². The largest absolute Gasteiger partial charge is 0.344 e. The van der Waals surface area contributed by atoms with Gasteiger partial charge in [0.15, 0.2) is 0 Å². The number of piperidine rings is 1. The Morgan fingerprint density at radius 3 is 2.74 bits per heavy atom. The summed E-state index contributed by atoms with van der Waals surface area (Å²) >= 11 is 0. The van der Waals surface area contributed by atoms with Crippen molar-refractivity contribution >= 4 is 5.91 Å². The second-order valence-electron chi connectivity index (χ2n) is 6.54. The zero-order valence-corrected chi connectivity index (χ0v) is 12.7. The van der Waals surface area contributed by atoms with Crippen LogP contribution >= 0.6 is 0 Å². The number of likely N-dealkylation sites (N-methyl/N-ethyl adjacent to an activating group) is 1. The highest BCUT2D eigenvalue weighted by molar-refractivity contribution is 5.76. The lowest BCUT2D eigenvalue weighted by Gasteiger charge is -2.33. The Balaban J connectivity index is 1.75. The Kier molecular flexibility index (Phi) is 5.68. The molecule has 1 saturated carbocycles. The van der Waals surface area contributed by atoms with Crippen molar-refractivity contribution in [2.24, 2.45) is 5.92 Å². The first kappa shape index (κ1) is 14.8. The van der Waals surface area contributed by atoms with Crippen LogP contribution in [-0.4, -0.2) is 36.5 Å². The van der Waals surface area contributed by atoms with E-state index in [1.165, 1.54) is 44.9 Å². The van der Waals surface area contributed by atoms with Gasteiger partial charge in [-0.3, -0.25) is 4.79 Å². The monoisotopic (exact) mass is 266 g/mol. The predicted molar refractivity (Wildman–Crippen MR) is 79.1 cm³/mol. The lowest BCUT2D eigenvalue weighted by molar-refractivity contribution is -0.132. The summed E-state index contributed by atoms with van der Waals surface area (Å²) in [4.78, 5) is 13.4. The van der Waals surface area contributed by atoms with Gasteiger partial charge in [-0.1, -0.05) is 32.6 Å². The molecule has 1 heterocycles. The number of carbonyl (C=O) groups excluding carboxylic acids is 1. The summed E-state index contributed by atoms with van der Waals surface area (Å²) in [6.07, 6.45) is 11.3. The molecule has 0 bridgehead atoms. The third-order valence-electron chi connectivity index (χ3n) is 4.88. The molecule has 0 aromatic carbocycles. The average molecular weight is 266 g/mol. The minimum atomic E-state index is 0.307. The van der Waals surface area contributed by atoms with Crippen LogP contribution in [0.2, 0.25) is 0 Å². The van der Waals surface area contributed by atoms with Gasteiger partial charge >= 0.3 is 0 Å². The first-order valence-corrected chi connectivity index (χ1v) is 8.19. The van der Waals surface area contributed by atoms with Crippen molar-refractivity contribution in [1.29, 1.82) is 0 Å². The van der Waals surface area contributed by atoms with Gasteiger partial charge in [-0.05, 0) is 31.6 Å². The molecule has 0 spiro atoms. The number of rotatable bonds is 4. The van der Waals surface area contributed by atoms with Crippen LogP contribution in [0.3, 0.4) is 0 Å². The van der Waals surface area contributed by atoms with Gasteiger partial charge in [0.25, 0.3) is 0 Å². The molecule has 110 valence electrons. The van der Waals surface area contributed by atoms with Gasteiger partial charge in [-0.25, -0.2) is 0 Å². The minimum absolute atomic E-state index is 0.307. The molecule has 1 saturated heterocycles. The van der Waals surface area contributed by atoms with Crippen LogP contribution in [-0.2, 0) is 4.79 Å². The summed E-state index contributed by atoms with van der Waals surface area (Å²) in [5.74, 6) is 1.27. The topological polar surface area (TPSA) is 32.3 Å². The molecule has 1 aliphatic heterocycles. The highest BCUT2D eigenvalue weighted by Crippen LogP contribution is 2.27. The maximum Gasteiger partial charge on any atom is 0.222 e. The maximum atomic E-state index is 11.5. The standard InChI is InChI=1S/C16H30N2O/c1-3-5-13-6-4-7-14(9-8-13)17-15-10-11-16(19)18(2)12-15/h13-15,17H,3-12H2,1-2H3. The van der Waals surface area contributed by atoms with Crippen molar-refractivity contribution in [3.8, 4) is 0 Å². The van der Waals surface area contributed by atoms with Gasteiger partial charge in [0.2, 0.25) is 5.91 Å². The average Bonchev–Trinajstić information content (AvgIpc) is 2.60. The maximum absolute atomic E-state index is 11.5. The molecule has 2 fully saturated rings. The second-order valence-corrected chi connectivity index (χ2v) is 6.54. The minimum Gasteiger partial charge on any atom is -0.344 e. The number of carbonyl (C=O) groups is 1. The van der Waals surface area contributed by atoms with Crippen LogP contribution in [0.15, 0.2) is 0 Å². The van der Waals surface area contributed by atoms with Crippen molar-refractivity contribution < 1.29 is 4.79 Å².